The molecular weight excluding hydrogens is 280 g/mol. The standard InChI is InChI=1S/C16H10N4O2/c1-7-3-4-11-12(8(7)2)20-14-13(19-11)15(21)9-5-17-18-6-10(9)16(14)22/h3-6H,1-2H3. The molecule has 6 heteroatoms. The van der Waals surface area contributed by atoms with Gasteiger partial charge in [-0.2, -0.15) is 10.2 Å². The van der Waals surface area contributed by atoms with Crippen LogP contribution in [0.1, 0.15) is 43.2 Å². The van der Waals surface area contributed by atoms with E-state index >= 15 is 0 Å². The highest BCUT2D eigenvalue weighted by atomic mass is 16.1. The Kier molecular flexibility index (Phi) is 2.45. The van der Waals surface area contributed by atoms with Crippen LogP contribution in [0.4, 0.5) is 0 Å². The summed E-state index contributed by atoms with van der Waals surface area (Å²) < 4.78 is 0. The second-order valence-electron chi connectivity index (χ2n) is 5.27. The van der Waals surface area contributed by atoms with Gasteiger partial charge in [0.2, 0.25) is 11.6 Å². The van der Waals surface area contributed by atoms with E-state index in [0.717, 1.165) is 11.1 Å². The van der Waals surface area contributed by atoms with Crippen LogP contribution in [-0.2, 0) is 0 Å². The number of hydrogen-bond acceptors (Lipinski definition) is 6. The Labute approximate surface area is 125 Å². The summed E-state index contributed by atoms with van der Waals surface area (Å²) >= 11 is 0. The highest BCUT2D eigenvalue weighted by Crippen LogP contribution is 2.27. The van der Waals surface area contributed by atoms with E-state index in [0.29, 0.717) is 11.0 Å². The smallest absolute Gasteiger partial charge is 0.216 e. The molecule has 22 heavy (non-hydrogen) atoms. The summed E-state index contributed by atoms with van der Waals surface area (Å²) in [6, 6.07) is 3.73. The van der Waals surface area contributed by atoms with Gasteiger partial charge in [0.1, 0.15) is 11.4 Å². The molecule has 0 unspecified atom stereocenters. The fourth-order valence-corrected chi connectivity index (χ4v) is 2.61. The van der Waals surface area contributed by atoms with Gasteiger partial charge in [0.25, 0.3) is 0 Å². The van der Waals surface area contributed by atoms with Crippen LogP contribution in [0.15, 0.2) is 24.5 Å². The lowest BCUT2D eigenvalue weighted by molar-refractivity contribution is 0.0971. The van der Waals surface area contributed by atoms with E-state index in [-0.39, 0.29) is 34.1 Å². The summed E-state index contributed by atoms with van der Waals surface area (Å²) in [5, 5.41) is 7.35. The fourth-order valence-electron chi connectivity index (χ4n) is 2.61. The van der Waals surface area contributed by atoms with E-state index in [4.69, 9.17) is 0 Å². The van der Waals surface area contributed by atoms with Crippen molar-refractivity contribution in [3.63, 3.8) is 0 Å². The highest BCUT2D eigenvalue weighted by Gasteiger charge is 2.33. The lowest BCUT2D eigenvalue weighted by atomic mass is 9.92. The molecule has 0 amide bonds. The van der Waals surface area contributed by atoms with Gasteiger partial charge in [-0.1, -0.05) is 6.07 Å². The lowest BCUT2D eigenvalue weighted by Crippen LogP contribution is -2.24. The number of carbonyl (C=O) groups excluding carboxylic acids is 2. The molecule has 0 spiro atoms. The molecule has 106 valence electrons. The molecule has 0 atom stereocenters. The van der Waals surface area contributed by atoms with Crippen molar-refractivity contribution in [1.29, 1.82) is 0 Å². The van der Waals surface area contributed by atoms with E-state index in [1.807, 2.05) is 26.0 Å². The van der Waals surface area contributed by atoms with Crippen LogP contribution in [0.5, 0.6) is 0 Å². The van der Waals surface area contributed by atoms with Gasteiger partial charge in [-0.25, -0.2) is 9.97 Å². The molecule has 0 aliphatic heterocycles. The van der Waals surface area contributed by atoms with Gasteiger partial charge in [0.05, 0.1) is 34.6 Å². The molecule has 0 bridgehead atoms. The first kappa shape index (κ1) is 12.7. The van der Waals surface area contributed by atoms with Crippen LogP contribution in [0.3, 0.4) is 0 Å². The third-order valence-electron chi connectivity index (χ3n) is 4.01. The predicted molar refractivity (Wildman–Crippen MR) is 77.9 cm³/mol. The Bertz CT molecular complexity index is 995. The minimum atomic E-state index is -0.341. The van der Waals surface area contributed by atoms with Crippen LogP contribution in [0.25, 0.3) is 11.0 Å². The van der Waals surface area contributed by atoms with Gasteiger partial charge < -0.3 is 0 Å². The van der Waals surface area contributed by atoms with Crippen molar-refractivity contribution in [3.8, 4) is 0 Å². The zero-order valence-corrected chi connectivity index (χ0v) is 11.9. The first-order valence-corrected chi connectivity index (χ1v) is 6.76. The maximum Gasteiger partial charge on any atom is 0.216 e. The molecule has 1 aromatic carbocycles. The monoisotopic (exact) mass is 290 g/mol. The Morgan fingerprint density at radius 2 is 1.41 bits per heavy atom. The fraction of sp³-hybridized carbons (Fsp3) is 0.125. The third-order valence-corrected chi connectivity index (χ3v) is 4.01. The van der Waals surface area contributed by atoms with Gasteiger partial charge in [0, 0.05) is 0 Å². The number of aryl methyl sites for hydroxylation is 2. The summed E-state index contributed by atoms with van der Waals surface area (Å²) in [5.41, 5.74) is 3.89. The summed E-state index contributed by atoms with van der Waals surface area (Å²) in [5.74, 6) is -0.679. The molecule has 4 rings (SSSR count). The number of fused-ring (bicyclic) bond motifs is 3. The molecule has 1 aliphatic carbocycles. The van der Waals surface area contributed by atoms with E-state index < -0.39 is 0 Å². The number of aromatic nitrogens is 4. The van der Waals surface area contributed by atoms with E-state index in [2.05, 4.69) is 20.2 Å². The Morgan fingerprint density at radius 3 is 2.05 bits per heavy atom. The number of hydrogen-bond donors (Lipinski definition) is 0. The Morgan fingerprint density at radius 1 is 0.818 bits per heavy atom. The number of rotatable bonds is 0. The zero-order valence-electron chi connectivity index (χ0n) is 11.9. The minimum absolute atomic E-state index is 0.0845. The van der Waals surface area contributed by atoms with Crippen LogP contribution in [0.2, 0.25) is 0 Å². The van der Waals surface area contributed by atoms with Crippen molar-refractivity contribution < 1.29 is 9.59 Å². The SMILES string of the molecule is Cc1ccc2nc3c(nc2c1C)C(=O)c1cnncc1C3=O. The quantitative estimate of drug-likeness (QED) is 0.491. The highest BCUT2D eigenvalue weighted by molar-refractivity contribution is 6.27. The maximum absolute atomic E-state index is 12.6. The molecule has 3 aromatic rings. The van der Waals surface area contributed by atoms with E-state index in [9.17, 15) is 9.59 Å². The predicted octanol–water partition coefficient (Wildman–Crippen LogP) is 1.81. The topological polar surface area (TPSA) is 85.7 Å². The minimum Gasteiger partial charge on any atom is -0.287 e. The second kappa shape index (κ2) is 4.24. The first-order valence-electron chi connectivity index (χ1n) is 6.76. The number of nitrogens with zero attached hydrogens (tertiary/aromatic N) is 4. The van der Waals surface area contributed by atoms with Crippen molar-refractivity contribution in [2.45, 2.75) is 13.8 Å². The average molecular weight is 290 g/mol. The van der Waals surface area contributed by atoms with Crippen LogP contribution >= 0.6 is 0 Å². The van der Waals surface area contributed by atoms with Crippen LogP contribution in [0, 0.1) is 13.8 Å². The molecule has 2 aromatic heterocycles. The summed E-state index contributed by atoms with van der Waals surface area (Å²) in [6.07, 6.45) is 2.60. The van der Waals surface area contributed by atoms with Gasteiger partial charge in [-0.3, -0.25) is 9.59 Å². The maximum atomic E-state index is 12.6. The summed E-state index contributed by atoms with van der Waals surface area (Å²) in [6.45, 7) is 3.89. The van der Waals surface area contributed by atoms with E-state index in [1.54, 1.807) is 0 Å². The molecular formula is C16H10N4O2. The Hall–Kier alpha value is -3.02. The molecule has 6 nitrogen and oxygen atoms in total. The van der Waals surface area contributed by atoms with Crippen molar-refractivity contribution in [3.05, 3.63) is 58.2 Å². The zero-order chi connectivity index (χ0) is 15.4. The average Bonchev–Trinajstić information content (AvgIpc) is 2.55. The van der Waals surface area contributed by atoms with Crippen molar-refractivity contribution in [1.82, 2.24) is 20.2 Å². The van der Waals surface area contributed by atoms with Gasteiger partial charge in [0.15, 0.2) is 0 Å². The largest absolute Gasteiger partial charge is 0.287 e. The summed E-state index contributed by atoms with van der Waals surface area (Å²) in [7, 11) is 0. The molecule has 0 saturated carbocycles. The number of benzene rings is 1. The number of ketones is 2. The molecule has 0 radical (unpaired) electrons. The molecule has 1 aliphatic rings. The van der Waals surface area contributed by atoms with Gasteiger partial charge in [-0.15, -0.1) is 0 Å². The van der Waals surface area contributed by atoms with Crippen LogP contribution in [-0.4, -0.2) is 31.7 Å². The van der Waals surface area contributed by atoms with Crippen LogP contribution < -0.4 is 0 Å². The molecule has 2 heterocycles. The first-order chi connectivity index (χ1) is 10.6. The Balaban J connectivity index is 2.08. The normalized spacial score (nSPS) is 13.2. The molecule has 0 N–H and O–H groups in total. The summed E-state index contributed by atoms with van der Waals surface area (Å²) in [4.78, 5) is 33.9. The van der Waals surface area contributed by atoms with Crippen molar-refractivity contribution >= 4 is 22.6 Å². The number of carbonyl (C=O) groups is 2. The van der Waals surface area contributed by atoms with E-state index in [1.165, 1.54) is 12.4 Å². The molecule has 0 fully saturated rings. The lowest BCUT2D eigenvalue weighted by Gasteiger charge is -2.16. The third kappa shape index (κ3) is 1.54. The van der Waals surface area contributed by atoms with Gasteiger partial charge in [-0.05, 0) is 31.0 Å². The molecule has 0 saturated heterocycles. The van der Waals surface area contributed by atoms with Crippen molar-refractivity contribution in [2.75, 3.05) is 0 Å². The van der Waals surface area contributed by atoms with Crippen molar-refractivity contribution in [2.24, 2.45) is 0 Å². The second-order valence-corrected chi connectivity index (χ2v) is 5.27. The van der Waals surface area contributed by atoms with Gasteiger partial charge >= 0.3 is 0 Å².